The molecule has 2 amide bonds. The van der Waals surface area contributed by atoms with Gasteiger partial charge >= 0.3 is 6.03 Å². The highest BCUT2D eigenvalue weighted by Crippen LogP contribution is 2.25. The predicted molar refractivity (Wildman–Crippen MR) is 123 cm³/mol. The van der Waals surface area contributed by atoms with Gasteiger partial charge in [-0.15, -0.1) is 0 Å². The standard InChI is InChI=1S/C23H30N6O2/c1-15(2)26-23(30)29(6)21-13-24-19-9-7-17(11-20(19)27-21)18-8-10-22(25-12-18)31-16(3)14-28(4)5/h7-13,15-16H,14H2,1-6H3,(H,26,30). The first kappa shape index (κ1) is 22.4. The number of ether oxygens (including phenoxy) is 1. The first-order valence-electron chi connectivity index (χ1n) is 10.3. The molecule has 0 saturated carbocycles. The van der Waals surface area contributed by atoms with Gasteiger partial charge in [0.05, 0.1) is 17.2 Å². The van der Waals surface area contributed by atoms with Crippen LogP contribution in [-0.4, -0.2) is 65.7 Å². The van der Waals surface area contributed by atoms with Gasteiger partial charge in [0.15, 0.2) is 5.82 Å². The number of pyridine rings is 1. The number of urea groups is 1. The SMILES string of the molecule is CC(C)NC(=O)N(C)c1cnc2ccc(-c3ccc(OC(C)CN(C)C)nc3)cc2n1. The Kier molecular flexibility index (Phi) is 7.02. The highest BCUT2D eigenvalue weighted by Gasteiger charge is 2.14. The summed E-state index contributed by atoms with van der Waals surface area (Å²) in [6, 6.07) is 9.52. The molecule has 1 unspecified atom stereocenters. The summed E-state index contributed by atoms with van der Waals surface area (Å²) in [6.07, 6.45) is 3.44. The molecule has 2 aromatic heterocycles. The van der Waals surface area contributed by atoms with E-state index in [1.807, 2.05) is 65.2 Å². The van der Waals surface area contributed by atoms with Crippen molar-refractivity contribution in [3.05, 3.63) is 42.7 Å². The number of anilines is 1. The summed E-state index contributed by atoms with van der Waals surface area (Å²) in [5.41, 5.74) is 3.39. The summed E-state index contributed by atoms with van der Waals surface area (Å²) >= 11 is 0. The Morgan fingerprint density at radius 2 is 1.74 bits per heavy atom. The number of carbonyl (C=O) groups is 1. The summed E-state index contributed by atoms with van der Waals surface area (Å²) < 4.78 is 5.86. The van der Waals surface area contributed by atoms with Gasteiger partial charge in [-0.05, 0) is 58.6 Å². The fourth-order valence-electron chi connectivity index (χ4n) is 3.17. The average molecular weight is 423 g/mol. The molecule has 1 atom stereocenters. The van der Waals surface area contributed by atoms with Gasteiger partial charge in [-0.25, -0.2) is 14.8 Å². The summed E-state index contributed by atoms with van der Waals surface area (Å²) in [4.78, 5) is 29.3. The zero-order valence-corrected chi connectivity index (χ0v) is 19.0. The van der Waals surface area contributed by atoms with E-state index in [0.717, 1.165) is 23.2 Å². The second-order valence-electron chi connectivity index (χ2n) is 8.17. The number of nitrogens with one attached hydrogen (secondary N) is 1. The van der Waals surface area contributed by atoms with Crippen molar-refractivity contribution in [2.75, 3.05) is 32.6 Å². The zero-order chi connectivity index (χ0) is 22.5. The van der Waals surface area contributed by atoms with Gasteiger partial charge < -0.3 is 15.0 Å². The molecule has 3 rings (SSSR count). The van der Waals surface area contributed by atoms with Crippen molar-refractivity contribution < 1.29 is 9.53 Å². The van der Waals surface area contributed by atoms with Crippen LogP contribution in [0.1, 0.15) is 20.8 Å². The molecule has 164 valence electrons. The maximum atomic E-state index is 12.3. The average Bonchev–Trinajstić information content (AvgIpc) is 2.71. The third kappa shape index (κ3) is 5.88. The topological polar surface area (TPSA) is 83.5 Å². The maximum Gasteiger partial charge on any atom is 0.323 e. The second kappa shape index (κ2) is 9.70. The minimum Gasteiger partial charge on any atom is -0.473 e. The van der Waals surface area contributed by atoms with Crippen LogP contribution in [0.5, 0.6) is 5.88 Å². The van der Waals surface area contributed by atoms with Crippen molar-refractivity contribution in [2.24, 2.45) is 0 Å². The third-order valence-corrected chi connectivity index (χ3v) is 4.60. The third-order valence-electron chi connectivity index (χ3n) is 4.60. The van der Waals surface area contributed by atoms with E-state index in [9.17, 15) is 4.79 Å². The zero-order valence-electron chi connectivity index (χ0n) is 19.0. The second-order valence-corrected chi connectivity index (χ2v) is 8.17. The van der Waals surface area contributed by atoms with E-state index in [1.54, 1.807) is 19.4 Å². The number of rotatable bonds is 7. The quantitative estimate of drug-likeness (QED) is 0.627. The van der Waals surface area contributed by atoms with Crippen LogP contribution in [0, 0.1) is 0 Å². The minimum absolute atomic E-state index is 0.0419. The fourth-order valence-corrected chi connectivity index (χ4v) is 3.17. The Hall–Kier alpha value is -3.26. The van der Waals surface area contributed by atoms with Crippen molar-refractivity contribution in [3.8, 4) is 17.0 Å². The Morgan fingerprint density at radius 1 is 1.00 bits per heavy atom. The van der Waals surface area contributed by atoms with Crippen LogP contribution in [-0.2, 0) is 0 Å². The lowest BCUT2D eigenvalue weighted by atomic mass is 10.1. The summed E-state index contributed by atoms with van der Waals surface area (Å²) in [6.45, 7) is 6.67. The van der Waals surface area contributed by atoms with Crippen molar-refractivity contribution in [1.29, 1.82) is 0 Å². The minimum atomic E-state index is -0.219. The molecular formula is C23H30N6O2. The van der Waals surface area contributed by atoms with Crippen molar-refractivity contribution in [3.63, 3.8) is 0 Å². The maximum absolute atomic E-state index is 12.3. The lowest BCUT2D eigenvalue weighted by Crippen LogP contribution is -2.41. The number of carbonyl (C=O) groups excluding carboxylic acids is 1. The number of likely N-dealkylation sites (N-methyl/N-ethyl adjacent to an activating group) is 1. The van der Waals surface area contributed by atoms with Gasteiger partial charge in [-0.2, -0.15) is 0 Å². The molecule has 8 heteroatoms. The van der Waals surface area contributed by atoms with Gasteiger partial charge in [0.25, 0.3) is 0 Å². The molecule has 0 saturated heterocycles. The van der Waals surface area contributed by atoms with E-state index >= 15 is 0 Å². The Morgan fingerprint density at radius 3 is 2.39 bits per heavy atom. The van der Waals surface area contributed by atoms with Gasteiger partial charge in [0.2, 0.25) is 5.88 Å². The van der Waals surface area contributed by atoms with Crippen LogP contribution < -0.4 is 15.0 Å². The first-order chi connectivity index (χ1) is 14.7. The fraction of sp³-hybridized carbons (Fsp3) is 0.391. The van der Waals surface area contributed by atoms with Crippen LogP contribution in [0.15, 0.2) is 42.7 Å². The number of amides is 2. The van der Waals surface area contributed by atoms with Gasteiger partial charge in [0.1, 0.15) is 6.10 Å². The summed E-state index contributed by atoms with van der Waals surface area (Å²) in [5.74, 6) is 1.08. The smallest absolute Gasteiger partial charge is 0.323 e. The van der Waals surface area contributed by atoms with Gasteiger partial charge in [-0.1, -0.05) is 6.07 Å². The molecule has 0 aliphatic rings. The molecular weight excluding hydrogens is 392 g/mol. The van der Waals surface area contributed by atoms with Crippen molar-refractivity contribution >= 4 is 22.9 Å². The molecule has 0 fully saturated rings. The normalized spacial score (nSPS) is 12.3. The van der Waals surface area contributed by atoms with Crippen LogP contribution in [0.2, 0.25) is 0 Å². The molecule has 2 heterocycles. The van der Waals surface area contributed by atoms with Crippen LogP contribution in [0.4, 0.5) is 10.6 Å². The largest absolute Gasteiger partial charge is 0.473 e. The van der Waals surface area contributed by atoms with Crippen LogP contribution in [0.25, 0.3) is 22.2 Å². The highest BCUT2D eigenvalue weighted by molar-refractivity contribution is 5.91. The summed E-state index contributed by atoms with van der Waals surface area (Å²) in [7, 11) is 5.70. The molecule has 0 spiro atoms. The lowest BCUT2D eigenvalue weighted by Gasteiger charge is -2.19. The molecule has 1 N–H and O–H groups in total. The molecule has 0 radical (unpaired) electrons. The number of fused-ring (bicyclic) bond motifs is 1. The Balaban J connectivity index is 1.80. The number of aromatic nitrogens is 3. The Bertz CT molecular complexity index is 1040. The molecule has 8 nitrogen and oxygen atoms in total. The first-order valence-corrected chi connectivity index (χ1v) is 10.3. The van der Waals surface area contributed by atoms with E-state index in [1.165, 1.54) is 4.90 Å². The van der Waals surface area contributed by atoms with E-state index in [4.69, 9.17) is 4.74 Å². The molecule has 0 aliphatic heterocycles. The number of hydrogen-bond donors (Lipinski definition) is 1. The molecule has 0 bridgehead atoms. The van der Waals surface area contributed by atoms with Crippen molar-refractivity contribution in [1.82, 2.24) is 25.2 Å². The van der Waals surface area contributed by atoms with E-state index in [0.29, 0.717) is 17.2 Å². The Labute approximate surface area is 183 Å². The van der Waals surface area contributed by atoms with Gasteiger partial charge in [0, 0.05) is 37.5 Å². The van der Waals surface area contributed by atoms with Gasteiger partial charge in [-0.3, -0.25) is 9.88 Å². The number of hydrogen-bond acceptors (Lipinski definition) is 6. The van der Waals surface area contributed by atoms with E-state index in [2.05, 4.69) is 25.2 Å². The van der Waals surface area contributed by atoms with E-state index in [-0.39, 0.29) is 18.2 Å². The van der Waals surface area contributed by atoms with Crippen LogP contribution in [0.3, 0.4) is 0 Å². The molecule has 31 heavy (non-hydrogen) atoms. The van der Waals surface area contributed by atoms with Crippen LogP contribution >= 0.6 is 0 Å². The highest BCUT2D eigenvalue weighted by atomic mass is 16.5. The lowest BCUT2D eigenvalue weighted by molar-refractivity contribution is 0.170. The predicted octanol–water partition coefficient (Wildman–Crippen LogP) is 3.57. The van der Waals surface area contributed by atoms with Crippen molar-refractivity contribution in [2.45, 2.75) is 32.9 Å². The molecule has 0 aliphatic carbocycles. The number of nitrogens with zero attached hydrogens (tertiary/aromatic N) is 5. The molecule has 1 aromatic carbocycles. The molecule has 3 aromatic rings. The number of benzene rings is 1. The van der Waals surface area contributed by atoms with E-state index < -0.39 is 0 Å². The monoisotopic (exact) mass is 422 g/mol. The summed E-state index contributed by atoms with van der Waals surface area (Å²) in [5, 5.41) is 2.85.